The molecule has 1 atom stereocenters. The van der Waals surface area contributed by atoms with E-state index < -0.39 is 0 Å². The summed E-state index contributed by atoms with van der Waals surface area (Å²) in [5.41, 5.74) is 0.735. The third-order valence-electron chi connectivity index (χ3n) is 3.38. The summed E-state index contributed by atoms with van der Waals surface area (Å²) in [5, 5.41) is 14.6. The van der Waals surface area contributed by atoms with Crippen molar-refractivity contribution in [3.63, 3.8) is 0 Å². The van der Waals surface area contributed by atoms with E-state index in [0.29, 0.717) is 16.0 Å². The smallest absolute Gasteiger partial charge is 0.230 e. The lowest BCUT2D eigenvalue weighted by Gasteiger charge is -2.09. The highest BCUT2D eigenvalue weighted by Gasteiger charge is 2.16. The predicted octanol–water partition coefficient (Wildman–Crippen LogP) is 2.81. The third-order valence-corrected chi connectivity index (χ3v) is 5.35. The van der Waals surface area contributed by atoms with Crippen LogP contribution in [0.3, 0.4) is 0 Å². The van der Waals surface area contributed by atoms with E-state index >= 15 is 0 Å². The fourth-order valence-corrected chi connectivity index (χ4v) is 3.79. The number of hydrogen-bond donors (Lipinski definition) is 2. The SMILES string of the molecule is O=C(CSc1nnc(Nc2ccc(F)cc2)s1)NC[C@H]1CCCO1. The number of nitrogens with zero attached hydrogens (tertiary/aromatic N) is 2. The Morgan fingerprint density at radius 3 is 2.96 bits per heavy atom. The normalized spacial score (nSPS) is 17.0. The molecule has 0 saturated carbocycles. The zero-order valence-corrected chi connectivity index (χ0v) is 14.5. The van der Waals surface area contributed by atoms with Crippen LogP contribution in [0.25, 0.3) is 0 Å². The molecular formula is C15H17FN4O2S2. The molecule has 2 heterocycles. The Labute approximate surface area is 147 Å². The highest BCUT2D eigenvalue weighted by atomic mass is 32.2. The zero-order chi connectivity index (χ0) is 16.8. The quantitative estimate of drug-likeness (QED) is 0.732. The van der Waals surface area contributed by atoms with Crippen LogP contribution in [-0.4, -0.2) is 41.1 Å². The van der Waals surface area contributed by atoms with Crippen molar-refractivity contribution in [1.29, 1.82) is 0 Å². The Morgan fingerprint density at radius 2 is 2.21 bits per heavy atom. The number of thioether (sulfide) groups is 1. The molecule has 1 aliphatic rings. The van der Waals surface area contributed by atoms with Gasteiger partial charge < -0.3 is 15.4 Å². The first-order valence-electron chi connectivity index (χ1n) is 7.56. The van der Waals surface area contributed by atoms with Gasteiger partial charge in [0.25, 0.3) is 0 Å². The largest absolute Gasteiger partial charge is 0.376 e. The highest BCUT2D eigenvalue weighted by Crippen LogP contribution is 2.27. The first-order valence-corrected chi connectivity index (χ1v) is 9.36. The van der Waals surface area contributed by atoms with Crippen molar-refractivity contribution in [2.45, 2.75) is 23.3 Å². The molecule has 9 heteroatoms. The van der Waals surface area contributed by atoms with Crippen molar-refractivity contribution in [2.75, 3.05) is 24.2 Å². The summed E-state index contributed by atoms with van der Waals surface area (Å²) in [6, 6.07) is 6.00. The maximum atomic E-state index is 12.9. The number of benzene rings is 1. The Kier molecular flexibility index (Phi) is 6.00. The maximum absolute atomic E-state index is 12.9. The molecule has 0 radical (unpaired) electrons. The number of anilines is 2. The van der Waals surface area contributed by atoms with Crippen molar-refractivity contribution in [2.24, 2.45) is 0 Å². The molecule has 1 amide bonds. The minimum Gasteiger partial charge on any atom is -0.376 e. The van der Waals surface area contributed by atoms with Gasteiger partial charge in [-0.1, -0.05) is 23.1 Å². The number of nitrogens with one attached hydrogen (secondary N) is 2. The molecule has 1 saturated heterocycles. The van der Waals surface area contributed by atoms with Crippen LogP contribution in [0.2, 0.25) is 0 Å². The molecule has 0 unspecified atom stereocenters. The number of carbonyl (C=O) groups excluding carboxylic acids is 1. The first-order chi connectivity index (χ1) is 11.7. The summed E-state index contributed by atoms with van der Waals surface area (Å²) in [7, 11) is 0. The molecule has 1 fully saturated rings. The van der Waals surface area contributed by atoms with Crippen molar-refractivity contribution in [3.05, 3.63) is 30.1 Å². The molecule has 1 aromatic carbocycles. The van der Waals surface area contributed by atoms with Gasteiger partial charge in [0, 0.05) is 18.8 Å². The van der Waals surface area contributed by atoms with E-state index in [1.807, 2.05) is 0 Å². The number of halogens is 1. The van der Waals surface area contributed by atoms with Gasteiger partial charge in [-0.25, -0.2) is 4.39 Å². The molecule has 2 N–H and O–H groups in total. The second-order valence-corrected chi connectivity index (χ2v) is 7.43. The van der Waals surface area contributed by atoms with Gasteiger partial charge >= 0.3 is 0 Å². The molecule has 3 rings (SSSR count). The Hall–Kier alpha value is -1.71. The molecule has 0 spiro atoms. The van der Waals surface area contributed by atoms with E-state index in [1.165, 1.54) is 35.2 Å². The molecule has 2 aromatic rings. The van der Waals surface area contributed by atoms with Crippen LogP contribution in [-0.2, 0) is 9.53 Å². The van der Waals surface area contributed by atoms with E-state index in [0.717, 1.165) is 25.1 Å². The molecule has 0 bridgehead atoms. The van der Waals surface area contributed by atoms with E-state index in [9.17, 15) is 9.18 Å². The Morgan fingerprint density at radius 1 is 1.38 bits per heavy atom. The van der Waals surface area contributed by atoms with Gasteiger partial charge in [0.1, 0.15) is 5.82 Å². The van der Waals surface area contributed by atoms with Gasteiger partial charge in [-0.05, 0) is 37.1 Å². The van der Waals surface area contributed by atoms with Crippen LogP contribution in [0, 0.1) is 5.82 Å². The lowest BCUT2D eigenvalue weighted by atomic mass is 10.2. The van der Waals surface area contributed by atoms with Gasteiger partial charge in [0.2, 0.25) is 11.0 Å². The van der Waals surface area contributed by atoms with Gasteiger partial charge in [-0.2, -0.15) is 0 Å². The van der Waals surface area contributed by atoms with Crippen molar-refractivity contribution in [3.8, 4) is 0 Å². The lowest BCUT2D eigenvalue weighted by Crippen LogP contribution is -2.32. The van der Waals surface area contributed by atoms with Crippen LogP contribution in [0.5, 0.6) is 0 Å². The number of ether oxygens (including phenoxy) is 1. The second-order valence-electron chi connectivity index (χ2n) is 5.23. The monoisotopic (exact) mass is 368 g/mol. The fraction of sp³-hybridized carbons (Fsp3) is 0.400. The first kappa shape index (κ1) is 17.1. The third kappa shape index (κ3) is 5.15. The molecule has 24 heavy (non-hydrogen) atoms. The average Bonchev–Trinajstić information content (AvgIpc) is 3.25. The van der Waals surface area contributed by atoms with Crippen LogP contribution in [0.1, 0.15) is 12.8 Å². The number of carbonyl (C=O) groups is 1. The van der Waals surface area contributed by atoms with Crippen molar-refractivity contribution < 1.29 is 13.9 Å². The van der Waals surface area contributed by atoms with E-state index in [4.69, 9.17) is 4.74 Å². The summed E-state index contributed by atoms with van der Waals surface area (Å²) in [5.74, 6) is -0.0421. The Balaban J connectivity index is 1.42. The van der Waals surface area contributed by atoms with Gasteiger partial charge in [0.15, 0.2) is 4.34 Å². The minimum absolute atomic E-state index is 0.0428. The van der Waals surface area contributed by atoms with Gasteiger partial charge in [-0.3, -0.25) is 4.79 Å². The van der Waals surface area contributed by atoms with E-state index in [-0.39, 0.29) is 23.6 Å². The number of amides is 1. The Bertz CT molecular complexity index is 674. The standard InChI is InChI=1S/C15H17FN4O2S2/c16-10-3-5-11(6-4-10)18-14-19-20-15(24-14)23-9-13(21)17-8-12-2-1-7-22-12/h3-6,12H,1-2,7-9H2,(H,17,21)(H,18,19)/t12-/m1/s1. The van der Waals surface area contributed by atoms with E-state index in [1.54, 1.807) is 12.1 Å². The summed E-state index contributed by atoms with van der Waals surface area (Å²) >= 11 is 2.69. The fourth-order valence-electron chi connectivity index (χ4n) is 2.19. The topological polar surface area (TPSA) is 76.1 Å². The molecular weight excluding hydrogens is 351 g/mol. The second kappa shape index (κ2) is 8.41. The number of rotatable bonds is 7. The maximum Gasteiger partial charge on any atom is 0.230 e. The van der Waals surface area contributed by atoms with Gasteiger partial charge in [-0.15, -0.1) is 10.2 Å². The van der Waals surface area contributed by atoms with Crippen LogP contribution < -0.4 is 10.6 Å². The van der Waals surface area contributed by atoms with Gasteiger partial charge in [0.05, 0.1) is 11.9 Å². The molecule has 6 nitrogen and oxygen atoms in total. The van der Waals surface area contributed by atoms with Crippen LogP contribution in [0.15, 0.2) is 28.6 Å². The summed E-state index contributed by atoms with van der Waals surface area (Å²) in [6.45, 7) is 1.34. The zero-order valence-electron chi connectivity index (χ0n) is 12.8. The van der Waals surface area contributed by atoms with E-state index in [2.05, 4.69) is 20.8 Å². The lowest BCUT2D eigenvalue weighted by molar-refractivity contribution is -0.119. The molecule has 1 aromatic heterocycles. The van der Waals surface area contributed by atoms with Crippen LogP contribution in [0.4, 0.5) is 15.2 Å². The van der Waals surface area contributed by atoms with Crippen molar-refractivity contribution >= 4 is 39.8 Å². The highest BCUT2D eigenvalue weighted by molar-refractivity contribution is 8.01. The summed E-state index contributed by atoms with van der Waals surface area (Å²) < 4.78 is 19.0. The number of aromatic nitrogens is 2. The summed E-state index contributed by atoms with van der Waals surface area (Å²) in [6.07, 6.45) is 2.21. The number of hydrogen-bond acceptors (Lipinski definition) is 7. The van der Waals surface area contributed by atoms with Crippen molar-refractivity contribution in [1.82, 2.24) is 15.5 Å². The molecule has 128 valence electrons. The summed E-state index contributed by atoms with van der Waals surface area (Å²) in [4.78, 5) is 11.8. The molecule has 1 aliphatic heterocycles. The van der Waals surface area contributed by atoms with Crippen LogP contribution >= 0.6 is 23.1 Å². The average molecular weight is 368 g/mol. The predicted molar refractivity (Wildman–Crippen MR) is 92.3 cm³/mol. The minimum atomic E-state index is -0.289. The molecule has 0 aliphatic carbocycles.